The summed E-state index contributed by atoms with van der Waals surface area (Å²) in [6.07, 6.45) is 4.29. The topological polar surface area (TPSA) is 32.3 Å². The lowest BCUT2D eigenvalue weighted by Gasteiger charge is -2.38. The molecule has 0 aromatic heterocycles. The minimum atomic E-state index is 0.0245. The fourth-order valence-corrected chi connectivity index (χ4v) is 5.66. The van der Waals surface area contributed by atoms with E-state index in [0.29, 0.717) is 24.3 Å². The number of urea groups is 1. The van der Waals surface area contributed by atoms with Crippen molar-refractivity contribution in [3.05, 3.63) is 101 Å². The van der Waals surface area contributed by atoms with Gasteiger partial charge in [0, 0.05) is 18.3 Å². The van der Waals surface area contributed by atoms with E-state index in [9.17, 15) is 4.79 Å². The van der Waals surface area contributed by atoms with Crippen molar-refractivity contribution < 1.29 is 4.79 Å². The third-order valence-electron chi connectivity index (χ3n) is 7.88. The van der Waals surface area contributed by atoms with E-state index in [4.69, 9.17) is 0 Å². The Labute approximate surface area is 217 Å². The molecular weight excluding hydrogens is 440 g/mol. The van der Waals surface area contributed by atoms with Gasteiger partial charge in [-0.25, -0.2) is 4.79 Å². The summed E-state index contributed by atoms with van der Waals surface area (Å²) in [5.41, 5.74) is 7.30. The van der Waals surface area contributed by atoms with E-state index in [2.05, 4.69) is 118 Å². The number of hydrogen-bond donors (Lipinski definition) is 1. The molecule has 3 aromatic rings. The molecule has 3 nitrogen and oxygen atoms in total. The second-order valence-electron chi connectivity index (χ2n) is 11.0. The monoisotopic (exact) mass is 482 g/mol. The third kappa shape index (κ3) is 6.00. The number of nitrogens with one attached hydrogen (secondary N) is 1. The number of hydrogen-bond acceptors (Lipinski definition) is 1. The van der Waals surface area contributed by atoms with Crippen LogP contribution in [0.15, 0.2) is 72.8 Å². The number of nitrogens with zero attached hydrogens (tertiary/aromatic N) is 1. The highest BCUT2D eigenvalue weighted by Gasteiger charge is 2.31. The largest absolute Gasteiger partial charge is 0.322 e. The zero-order valence-electron chi connectivity index (χ0n) is 22.6. The van der Waals surface area contributed by atoms with Crippen LogP contribution in [0.1, 0.15) is 98.9 Å². The maximum absolute atomic E-state index is 14.0. The first kappa shape index (κ1) is 26.0. The van der Waals surface area contributed by atoms with E-state index < -0.39 is 0 Å². The van der Waals surface area contributed by atoms with Gasteiger partial charge in [0.25, 0.3) is 0 Å². The molecule has 0 saturated heterocycles. The van der Waals surface area contributed by atoms with Crippen molar-refractivity contribution >= 4 is 11.7 Å². The van der Waals surface area contributed by atoms with E-state index in [1.54, 1.807) is 0 Å². The summed E-state index contributed by atoms with van der Waals surface area (Å²) in [5.74, 6) is 1.26. The van der Waals surface area contributed by atoms with Crippen LogP contribution in [0.2, 0.25) is 0 Å². The lowest BCUT2D eigenvalue weighted by molar-refractivity contribution is 0.158. The Balaban J connectivity index is 1.60. The molecule has 1 saturated carbocycles. The smallest absolute Gasteiger partial charge is 0.317 e. The highest BCUT2D eigenvalue weighted by atomic mass is 16.2. The predicted molar refractivity (Wildman–Crippen MR) is 152 cm³/mol. The number of rotatable bonds is 7. The number of amides is 2. The van der Waals surface area contributed by atoms with Crippen molar-refractivity contribution in [2.75, 3.05) is 5.32 Å². The molecule has 0 aliphatic heterocycles. The Hall–Kier alpha value is -3.07. The number of aryl methyl sites for hydroxylation is 1. The van der Waals surface area contributed by atoms with Crippen LogP contribution in [0.4, 0.5) is 10.5 Å². The summed E-state index contributed by atoms with van der Waals surface area (Å²) >= 11 is 0. The zero-order valence-corrected chi connectivity index (χ0v) is 22.6. The molecule has 1 N–H and O–H groups in total. The Morgan fingerprint density at radius 2 is 1.39 bits per heavy atom. The Bertz CT molecular complexity index is 1120. The first-order valence-electron chi connectivity index (χ1n) is 13.6. The van der Waals surface area contributed by atoms with E-state index in [1.807, 2.05) is 0 Å². The summed E-state index contributed by atoms with van der Waals surface area (Å²) in [4.78, 5) is 16.2. The van der Waals surface area contributed by atoms with Crippen molar-refractivity contribution in [2.45, 2.75) is 90.6 Å². The van der Waals surface area contributed by atoms with Crippen molar-refractivity contribution in [1.29, 1.82) is 0 Å². The summed E-state index contributed by atoms with van der Waals surface area (Å²) in [7, 11) is 0. The number of carbonyl (C=O) groups excluding carboxylic acids is 1. The zero-order chi connectivity index (χ0) is 25.7. The Kier molecular flexibility index (Phi) is 8.51. The molecule has 1 aliphatic carbocycles. The minimum absolute atomic E-state index is 0.0245. The van der Waals surface area contributed by atoms with Gasteiger partial charge < -0.3 is 10.2 Å². The summed E-state index contributed by atoms with van der Waals surface area (Å²) in [6, 6.07) is 26.0. The molecule has 4 rings (SSSR count). The maximum atomic E-state index is 14.0. The summed E-state index contributed by atoms with van der Waals surface area (Å²) in [5, 5.41) is 3.41. The molecule has 190 valence electrons. The summed E-state index contributed by atoms with van der Waals surface area (Å²) < 4.78 is 0. The molecule has 36 heavy (non-hydrogen) atoms. The third-order valence-corrected chi connectivity index (χ3v) is 7.88. The van der Waals surface area contributed by atoms with Gasteiger partial charge in [0.15, 0.2) is 0 Å². The minimum Gasteiger partial charge on any atom is -0.317 e. The van der Waals surface area contributed by atoms with Crippen LogP contribution in [-0.4, -0.2) is 17.0 Å². The molecule has 1 aliphatic rings. The average Bonchev–Trinajstić information content (AvgIpc) is 2.88. The van der Waals surface area contributed by atoms with Crippen LogP contribution in [0.25, 0.3) is 0 Å². The molecule has 2 amide bonds. The van der Waals surface area contributed by atoms with Gasteiger partial charge in [0.1, 0.15) is 0 Å². The van der Waals surface area contributed by atoms with Crippen LogP contribution >= 0.6 is 0 Å². The van der Waals surface area contributed by atoms with Gasteiger partial charge in [0.05, 0.1) is 0 Å². The SMILES string of the molecule is Cc1ccccc1CN(C(=O)Nc1c(C(C)C)cccc1C(C)C)C1CCC(c2ccccc2)CC1. The van der Waals surface area contributed by atoms with Crippen molar-refractivity contribution in [3.63, 3.8) is 0 Å². The normalized spacial score (nSPS) is 17.9. The van der Waals surface area contributed by atoms with Crippen LogP contribution in [0.3, 0.4) is 0 Å². The van der Waals surface area contributed by atoms with Crippen LogP contribution in [0.5, 0.6) is 0 Å². The lowest BCUT2D eigenvalue weighted by atomic mass is 9.81. The highest BCUT2D eigenvalue weighted by Crippen LogP contribution is 2.37. The van der Waals surface area contributed by atoms with Crippen LogP contribution < -0.4 is 5.32 Å². The molecule has 1 fully saturated rings. The quantitative estimate of drug-likeness (QED) is 0.358. The molecule has 0 radical (unpaired) electrons. The average molecular weight is 483 g/mol. The van der Waals surface area contributed by atoms with Gasteiger partial charge in [-0.2, -0.15) is 0 Å². The molecule has 0 spiro atoms. The first-order valence-corrected chi connectivity index (χ1v) is 13.6. The van der Waals surface area contributed by atoms with Crippen molar-refractivity contribution in [3.8, 4) is 0 Å². The molecule has 3 heteroatoms. The summed E-state index contributed by atoms with van der Waals surface area (Å²) in [6.45, 7) is 11.6. The predicted octanol–water partition coefficient (Wildman–Crippen LogP) is 9.00. The number of benzene rings is 3. The van der Waals surface area contributed by atoms with Gasteiger partial charge >= 0.3 is 6.03 Å². The molecular formula is C33H42N2O. The molecule has 0 unspecified atom stereocenters. The van der Waals surface area contributed by atoms with Crippen molar-refractivity contribution in [1.82, 2.24) is 4.90 Å². The van der Waals surface area contributed by atoms with Gasteiger partial charge in [0.2, 0.25) is 0 Å². The van der Waals surface area contributed by atoms with Gasteiger partial charge in [-0.1, -0.05) is 100 Å². The molecule has 0 bridgehead atoms. The van der Waals surface area contributed by atoms with Crippen LogP contribution in [-0.2, 0) is 6.54 Å². The van der Waals surface area contributed by atoms with Crippen molar-refractivity contribution in [2.24, 2.45) is 0 Å². The fourth-order valence-electron chi connectivity index (χ4n) is 5.66. The fraction of sp³-hybridized carbons (Fsp3) is 0.424. The van der Waals surface area contributed by atoms with E-state index in [-0.39, 0.29) is 12.1 Å². The van der Waals surface area contributed by atoms with E-state index in [0.717, 1.165) is 31.4 Å². The highest BCUT2D eigenvalue weighted by molar-refractivity contribution is 5.91. The number of carbonyl (C=O) groups is 1. The van der Waals surface area contributed by atoms with E-state index in [1.165, 1.54) is 27.8 Å². The number of para-hydroxylation sites is 1. The van der Waals surface area contributed by atoms with Gasteiger partial charge in [-0.15, -0.1) is 0 Å². The lowest BCUT2D eigenvalue weighted by Crippen LogP contribution is -2.44. The van der Waals surface area contributed by atoms with Gasteiger partial charge in [-0.3, -0.25) is 0 Å². The molecule has 0 atom stereocenters. The number of anilines is 1. The molecule has 3 aromatic carbocycles. The van der Waals surface area contributed by atoms with Gasteiger partial charge in [-0.05, 0) is 78.2 Å². The van der Waals surface area contributed by atoms with E-state index >= 15 is 0 Å². The second-order valence-corrected chi connectivity index (χ2v) is 11.0. The molecule has 0 heterocycles. The Morgan fingerprint density at radius 3 is 1.97 bits per heavy atom. The second kappa shape index (κ2) is 11.8. The maximum Gasteiger partial charge on any atom is 0.322 e. The standard InChI is InChI=1S/C33H42N2O/c1-23(2)30-16-11-17-31(24(3)4)32(30)34-33(36)35(22-28-15-10-9-12-25(28)5)29-20-18-27(19-21-29)26-13-7-6-8-14-26/h6-17,23-24,27,29H,18-22H2,1-5H3,(H,34,36). The van der Waals surface area contributed by atoms with Crippen LogP contribution in [0, 0.1) is 6.92 Å². The Morgan fingerprint density at radius 1 is 0.806 bits per heavy atom. The first-order chi connectivity index (χ1) is 17.3.